The van der Waals surface area contributed by atoms with Crippen molar-refractivity contribution in [3.8, 4) is 0 Å². The Morgan fingerprint density at radius 3 is 3.09 bits per heavy atom. The number of aliphatic imine (C=N–C) groups is 1. The van der Waals surface area contributed by atoms with Crippen LogP contribution in [0.3, 0.4) is 0 Å². The fourth-order valence-electron chi connectivity index (χ4n) is 0.662. The first-order chi connectivity index (χ1) is 5.33. The fourth-order valence-corrected chi connectivity index (χ4v) is 1.37. The Labute approximate surface area is 69.1 Å². The van der Waals surface area contributed by atoms with E-state index in [1.54, 1.807) is 0 Å². The molecule has 0 aromatic carbocycles. The summed E-state index contributed by atoms with van der Waals surface area (Å²) in [4.78, 5) is 14.7. The molecule has 1 aliphatic heterocycles. The van der Waals surface area contributed by atoms with Gasteiger partial charge < -0.3 is 10.4 Å². The van der Waals surface area contributed by atoms with E-state index in [2.05, 4.69) is 10.3 Å². The summed E-state index contributed by atoms with van der Waals surface area (Å²) < 4.78 is 0. The Morgan fingerprint density at radius 2 is 2.55 bits per heavy atom. The SMILES string of the molecule is O=C1CSC(=NCCCO)N1. The maximum absolute atomic E-state index is 10.6. The summed E-state index contributed by atoms with van der Waals surface area (Å²) >= 11 is 1.41. The lowest BCUT2D eigenvalue weighted by Gasteiger charge is -1.93. The third-order valence-electron chi connectivity index (χ3n) is 1.16. The summed E-state index contributed by atoms with van der Waals surface area (Å²) in [6.07, 6.45) is 0.653. The Balaban J connectivity index is 2.25. The maximum atomic E-state index is 10.6. The highest BCUT2D eigenvalue weighted by Gasteiger charge is 2.15. The molecule has 1 aliphatic rings. The zero-order valence-electron chi connectivity index (χ0n) is 6.04. The standard InChI is InChI=1S/C6H10N2O2S/c9-3-1-2-7-6-8-5(10)4-11-6/h9H,1-4H2,(H,7,8,10). The number of amidine groups is 1. The van der Waals surface area contributed by atoms with Gasteiger partial charge in [0.25, 0.3) is 0 Å². The van der Waals surface area contributed by atoms with E-state index in [4.69, 9.17) is 5.11 Å². The number of thioether (sulfide) groups is 1. The average Bonchev–Trinajstić information content (AvgIpc) is 2.37. The van der Waals surface area contributed by atoms with Crippen molar-refractivity contribution in [1.29, 1.82) is 0 Å². The molecular weight excluding hydrogens is 164 g/mol. The molecular formula is C6H10N2O2S. The lowest BCUT2D eigenvalue weighted by Crippen LogP contribution is -2.20. The van der Waals surface area contributed by atoms with Crippen LogP contribution in [0.15, 0.2) is 4.99 Å². The second-order valence-corrected chi connectivity index (χ2v) is 3.06. The monoisotopic (exact) mass is 174 g/mol. The number of amides is 1. The highest BCUT2D eigenvalue weighted by molar-refractivity contribution is 8.15. The van der Waals surface area contributed by atoms with Crippen LogP contribution in [0, 0.1) is 0 Å². The minimum absolute atomic E-state index is 0.0118. The Hall–Kier alpha value is -0.550. The predicted molar refractivity (Wildman–Crippen MR) is 44.6 cm³/mol. The van der Waals surface area contributed by atoms with Gasteiger partial charge in [-0.05, 0) is 6.42 Å². The van der Waals surface area contributed by atoms with Crippen LogP contribution in [0.1, 0.15) is 6.42 Å². The van der Waals surface area contributed by atoms with Crippen LogP contribution in [-0.4, -0.2) is 35.1 Å². The van der Waals surface area contributed by atoms with Crippen LogP contribution >= 0.6 is 11.8 Å². The van der Waals surface area contributed by atoms with Gasteiger partial charge in [0.1, 0.15) is 0 Å². The van der Waals surface area contributed by atoms with Gasteiger partial charge in [0.2, 0.25) is 5.91 Å². The number of hydrogen-bond acceptors (Lipinski definition) is 4. The molecule has 11 heavy (non-hydrogen) atoms. The van der Waals surface area contributed by atoms with Crippen molar-refractivity contribution in [3.63, 3.8) is 0 Å². The molecule has 5 heteroatoms. The van der Waals surface area contributed by atoms with Gasteiger partial charge in [-0.2, -0.15) is 0 Å². The van der Waals surface area contributed by atoms with E-state index in [1.807, 2.05) is 0 Å². The predicted octanol–water partition coefficient (Wildman–Crippen LogP) is -0.412. The number of hydrogen-bond donors (Lipinski definition) is 2. The normalized spacial score (nSPS) is 20.8. The first kappa shape index (κ1) is 8.55. The lowest BCUT2D eigenvalue weighted by atomic mass is 10.5. The number of carbonyl (C=O) groups excluding carboxylic acids is 1. The largest absolute Gasteiger partial charge is 0.396 e. The van der Waals surface area contributed by atoms with E-state index >= 15 is 0 Å². The molecule has 0 aromatic heterocycles. The van der Waals surface area contributed by atoms with Gasteiger partial charge in [-0.3, -0.25) is 9.79 Å². The molecule has 0 radical (unpaired) electrons. The van der Waals surface area contributed by atoms with Crippen LogP contribution in [0.4, 0.5) is 0 Å². The molecule has 1 amide bonds. The second kappa shape index (κ2) is 4.35. The van der Waals surface area contributed by atoms with E-state index in [0.29, 0.717) is 23.9 Å². The molecule has 62 valence electrons. The van der Waals surface area contributed by atoms with Crippen LogP contribution in [0.25, 0.3) is 0 Å². The Bertz CT molecular complexity index is 181. The van der Waals surface area contributed by atoms with Gasteiger partial charge in [0.05, 0.1) is 5.75 Å². The zero-order chi connectivity index (χ0) is 8.10. The summed E-state index contributed by atoms with van der Waals surface area (Å²) in [5, 5.41) is 11.7. The van der Waals surface area contributed by atoms with Crippen LogP contribution in [0.5, 0.6) is 0 Å². The molecule has 1 saturated heterocycles. The lowest BCUT2D eigenvalue weighted by molar-refractivity contribution is -0.116. The minimum atomic E-state index is 0.0118. The average molecular weight is 174 g/mol. The Kier molecular flexibility index (Phi) is 3.38. The van der Waals surface area contributed by atoms with Crippen molar-refractivity contribution in [1.82, 2.24) is 5.32 Å². The molecule has 1 heterocycles. The van der Waals surface area contributed by atoms with Crippen molar-refractivity contribution in [2.45, 2.75) is 6.42 Å². The molecule has 0 unspecified atom stereocenters. The van der Waals surface area contributed by atoms with Crippen LogP contribution < -0.4 is 5.32 Å². The van der Waals surface area contributed by atoms with Gasteiger partial charge in [-0.15, -0.1) is 0 Å². The van der Waals surface area contributed by atoms with Crippen molar-refractivity contribution in [2.24, 2.45) is 4.99 Å². The second-order valence-electron chi connectivity index (χ2n) is 2.10. The number of rotatable bonds is 3. The fraction of sp³-hybridized carbons (Fsp3) is 0.667. The molecule has 0 atom stereocenters. The molecule has 2 N–H and O–H groups in total. The highest BCUT2D eigenvalue weighted by atomic mass is 32.2. The van der Waals surface area contributed by atoms with Gasteiger partial charge in [-0.1, -0.05) is 11.8 Å². The van der Waals surface area contributed by atoms with Gasteiger partial charge in [0.15, 0.2) is 5.17 Å². The number of nitrogens with zero attached hydrogens (tertiary/aromatic N) is 1. The molecule has 0 spiro atoms. The van der Waals surface area contributed by atoms with Crippen molar-refractivity contribution in [2.75, 3.05) is 18.9 Å². The third-order valence-corrected chi connectivity index (χ3v) is 2.07. The number of carbonyl (C=O) groups is 1. The number of aliphatic hydroxyl groups is 1. The molecule has 1 rings (SSSR count). The minimum Gasteiger partial charge on any atom is -0.396 e. The highest BCUT2D eigenvalue weighted by Crippen LogP contribution is 2.08. The summed E-state index contributed by atoms with van der Waals surface area (Å²) in [6.45, 7) is 0.731. The van der Waals surface area contributed by atoms with Crippen molar-refractivity contribution in [3.05, 3.63) is 0 Å². The van der Waals surface area contributed by atoms with Crippen molar-refractivity contribution < 1.29 is 9.90 Å². The third kappa shape index (κ3) is 2.90. The van der Waals surface area contributed by atoms with E-state index < -0.39 is 0 Å². The Morgan fingerprint density at radius 1 is 1.73 bits per heavy atom. The quantitative estimate of drug-likeness (QED) is 0.572. The molecule has 0 bridgehead atoms. The van der Waals surface area contributed by atoms with Gasteiger partial charge in [-0.25, -0.2) is 0 Å². The zero-order valence-corrected chi connectivity index (χ0v) is 6.86. The van der Waals surface area contributed by atoms with Gasteiger partial charge >= 0.3 is 0 Å². The van der Waals surface area contributed by atoms with E-state index in [0.717, 1.165) is 0 Å². The molecule has 1 fully saturated rings. The maximum Gasteiger partial charge on any atom is 0.236 e. The van der Waals surface area contributed by atoms with E-state index in [-0.39, 0.29) is 12.5 Å². The van der Waals surface area contributed by atoms with Crippen molar-refractivity contribution >= 4 is 22.8 Å². The molecule has 4 nitrogen and oxygen atoms in total. The van der Waals surface area contributed by atoms with Crippen LogP contribution in [-0.2, 0) is 4.79 Å². The number of aliphatic hydroxyl groups excluding tert-OH is 1. The topological polar surface area (TPSA) is 61.7 Å². The molecule has 0 aromatic rings. The summed E-state index contributed by atoms with van der Waals surface area (Å²) in [5.41, 5.74) is 0. The van der Waals surface area contributed by atoms with Crippen LogP contribution in [0.2, 0.25) is 0 Å². The van der Waals surface area contributed by atoms with E-state index in [1.165, 1.54) is 11.8 Å². The number of nitrogens with one attached hydrogen (secondary N) is 1. The van der Waals surface area contributed by atoms with Gasteiger partial charge in [0, 0.05) is 13.2 Å². The summed E-state index contributed by atoms with van der Waals surface area (Å²) in [5.74, 6) is 0.482. The first-order valence-corrected chi connectivity index (χ1v) is 4.39. The van der Waals surface area contributed by atoms with E-state index in [9.17, 15) is 4.79 Å². The summed E-state index contributed by atoms with van der Waals surface area (Å²) in [7, 11) is 0. The first-order valence-electron chi connectivity index (χ1n) is 3.41. The molecule has 0 aliphatic carbocycles. The smallest absolute Gasteiger partial charge is 0.236 e. The summed E-state index contributed by atoms with van der Waals surface area (Å²) in [6, 6.07) is 0. The molecule has 0 saturated carbocycles.